The maximum Gasteiger partial charge on any atom is 0.223 e. The van der Waals surface area contributed by atoms with Crippen molar-refractivity contribution < 1.29 is 9.59 Å². The maximum absolute atomic E-state index is 12.2. The number of carbonyl (C=O) groups excluding carboxylic acids is 2. The summed E-state index contributed by atoms with van der Waals surface area (Å²) in [6.07, 6.45) is 2.62. The monoisotopic (exact) mass is 313 g/mol. The van der Waals surface area contributed by atoms with Gasteiger partial charge in [-0.05, 0) is 30.5 Å². The number of likely N-dealkylation sites (tertiary alicyclic amines) is 1. The van der Waals surface area contributed by atoms with E-state index < -0.39 is 0 Å². The Morgan fingerprint density at radius 2 is 2.15 bits per heavy atom. The third-order valence-corrected chi connectivity index (χ3v) is 4.12. The van der Waals surface area contributed by atoms with E-state index in [0.29, 0.717) is 34.5 Å². The fourth-order valence-electron chi connectivity index (χ4n) is 2.58. The molecule has 1 unspecified atom stereocenters. The molecule has 3 nitrogen and oxygen atoms in total. The first-order valence-corrected chi connectivity index (χ1v) is 7.53. The zero-order valence-electron chi connectivity index (χ0n) is 11.4. The highest BCUT2D eigenvalue weighted by atomic mass is 35.5. The number of amides is 1. The van der Waals surface area contributed by atoms with Crippen molar-refractivity contribution in [3.63, 3.8) is 0 Å². The molecule has 0 aliphatic carbocycles. The molecule has 1 fully saturated rings. The van der Waals surface area contributed by atoms with E-state index in [4.69, 9.17) is 23.2 Å². The van der Waals surface area contributed by atoms with Crippen LogP contribution in [0.1, 0.15) is 36.5 Å². The van der Waals surface area contributed by atoms with Gasteiger partial charge in [0.25, 0.3) is 0 Å². The smallest absolute Gasteiger partial charge is 0.223 e. The number of hydrogen-bond donors (Lipinski definition) is 0. The maximum atomic E-state index is 12.2. The van der Waals surface area contributed by atoms with E-state index in [2.05, 4.69) is 6.92 Å². The van der Waals surface area contributed by atoms with Gasteiger partial charge in [0, 0.05) is 23.6 Å². The molecule has 0 N–H and O–H groups in total. The van der Waals surface area contributed by atoms with Crippen LogP contribution >= 0.6 is 23.2 Å². The van der Waals surface area contributed by atoms with E-state index in [0.717, 1.165) is 12.8 Å². The molecule has 0 spiro atoms. The van der Waals surface area contributed by atoms with Gasteiger partial charge in [0.1, 0.15) is 0 Å². The van der Waals surface area contributed by atoms with Gasteiger partial charge in [-0.1, -0.05) is 36.5 Å². The van der Waals surface area contributed by atoms with Crippen molar-refractivity contribution in [3.8, 4) is 0 Å². The minimum atomic E-state index is -0.164. The Hall–Kier alpha value is -1.06. The van der Waals surface area contributed by atoms with Crippen molar-refractivity contribution >= 4 is 34.9 Å². The Bertz CT molecular complexity index is 531. The summed E-state index contributed by atoms with van der Waals surface area (Å²) in [7, 11) is 0. The summed E-state index contributed by atoms with van der Waals surface area (Å²) in [5.74, 6) is 0.257. The van der Waals surface area contributed by atoms with Crippen LogP contribution in [0.4, 0.5) is 0 Å². The molecule has 0 saturated carbocycles. The molecular formula is C15H17Cl2NO2. The van der Waals surface area contributed by atoms with E-state index in [1.807, 2.05) is 0 Å². The third kappa shape index (κ3) is 3.53. The molecule has 1 amide bonds. The van der Waals surface area contributed by atoms with Crippen molar-refractivity contribution in [2.45, 2.75) is 26.2 Å². The van der Waals surface area contributed by atoms with Crippen molar-refractivity contribution in [2.24, 2.45) is 5.92 Å². The lowest BCUT2D eigenvalue weighted by atomic mass is 10.0. The van der Waals surface area contributed by atoms with E-state index in [1.165, 1.54) is 0 Å². The molecule has 1 heterocycles. The molecule has 108 valence electrons. The van der Waals surface area contributed by atoms with Gasteiger partial charge in [0.05, 0.1) is 11.6 Å². The molecular weight excluding hydrogens is 297 g/mol. The first-order chi connectivity index (χ1) is 9.51. The third-order valence-electron chi connectivity index (χ3n) is 3.55. The first-order valence-electron chi connectivity index (χ1n) is 6.77. The normalized spacial score (nSPS) is 18.6. The molecule has 20 heavy (non-hydrogen) atoms. The Labute approximate surface area is 128 Å². The average molecular weight is 314 g/mol. The molecule has 1 aliphatic heterocycles. The van der Waals surface area contributed by atoms with Gasteiger partial charge >= 0.3 is 0 Å². The van der Waals surface area contributed by atoms with Crippen LogP contribution in [0.2, 0.25) is 10.0 Å². The summed E-state index contributed by atoms with van der Waals surface area (Å²) in [6.45, 7) is 2.85. The summed E-state index contributed by atoms with van der Waals surface area (Å²) < 4.78 is 0. The van der Waals surface area contributed by atoms with Gasteiger partial charge < -0.3 is 4.90 Å². The van der Waals surface area contributed by atoms with Crippen molar-refractivity contribution in [1.82, 2.24) is 4.90 Å². The van der Waals surface area contributed by atoms with E-state index >= 15 is 0 Å². The summed E-state index contributed by atoms with van der Waals surface area (Å²) in [4.78, 5) is 25.8. The number of halogens is 2. The molecule has 0 radical (unpaired) electrons. The molecule has 0 aromatic heterocycles. The van der Waals surface area contributed by atoms with E-state index in [9.17, 15) is 9.59 Å². The molecule has 5 heteroatoms. The number of benzene rings is 1. The van der Waals surface area contributed by atoms with Crippen LogP contribution in [0.5, 0.6) is 0 Å². The highest BCUT2D eigenvalue weighted by Crippen LogP contribution is 2.25. The number of rotatable bonds is 5. The minimum Gasteiger partial charge on any atom is -0.335 e. The van der Waals surface area contributed by atoms with Crippen LogP contribution in [0.15, 0.2) is 18.2 Å². The van der Waals surface area contributed by atoms with Gasteiger partial charge in [-0.15, -0.1) is 0 Å². The highest BCUT2D eigenvalue weighted by Gasteiger charge is 2.30. The van der Waals surface area contributed by atoms with Gasteiger partial charge in [-0.2, -0.15) is 0 Å². The molecule has 1 atom stereocenters. The van der Waals surface area contributed by atoms with Gasteiger partial charge in [-0.25, -0.2) is 0 Å². The second-order valence-corrected chi connectivity index (χ2v) is 6.02. The summed E-state index contributed by atoms with van der Waals surface area (Å²) >= 11 is 11.9. The van der Waals surface area contributed by atoms with Crippen LogP contribution in [-0.4, -0.2) is 29.7 Å². The first kappa shape index (κ1) is 15.3. The Morgan fingerprint density at radius 3 is 2.85 bits per heavy atom. The van der Waals surface area contributed by atoms with Crippen LogP contribution in [0.3, 0.4) is 0 Å². The molecule has 1 aromatic rings. The average Bonchev–Trinajstić information content (AvgIpc) is 2.73. The van der Waals surface area contributed by atoms with Gasteiger partial charge in [-0.3, -0.25) is 9.59 Å². The van der Waals surface area contributed by atoms with Crippen LogP contribution in [0, 0.1) is 5.92 Å². The number of hydrogen-bond acceptors (Lipinski definition) is 2. The predicted octanol–water partition coefficient (Wildman–Crippen LogP) is 3.82. The number of ketones is 1. The summed E-state index contributed by atoms with van der Waals surface area (Å²) in [5.41, 5.74) is 0.380. The van der Waals surface area contributed by atoms with Crippen LogP contribution in [-0.2, 0) is 4.79 Å². The summed E-state index contributed by atoms with van der Waals surface area (Å²) in [5, 5.41) is 0.838. The highest BCUT2D eigenvalue weighted by molar-refractivity contribution is 6.36. The fourth-order valence-corrected chi connectivity index (χ4v) is 2.97. The number of carbonyl (C=O) groups is 2. The summed E-state index contributed by atoms with van der Waals surface area (Å²) in [6, 6.07) is 4.79. The molecule has 2 rings (SSSR count). The second-order valence-electron chi connectivity index (χ2n) is 5.18. The topological polar surface area (TPSA) is 37.4 Å². The zero-order chi connectivity index (χ0) is 14.7. The number of Topliss-reactive ketones (excluding diaryl/α,β-unsaturated/α-hetero) is 1. The lowest BCUT2D eigenvalue weighted by Gasteiger charge is -2.16. The second kappa shape index (κ2) is 6.59. The van der Waals surface area contributed by atoms with Gasteiger partial charge in [0.2, 0.25) is 5.91 Å². The fraction of sp³-hybridized carbons (Fsp3) is 0.467. The largest absolute Gasteiger partial charge is 0.335 e. The SMILES string of the molecule is CCCC1CC(=O)N(CC(=O)c2cc(Cl)ccc2Cl)C1. The van der Waals surface area contributed by atoms with Crippen LogP contribution in [0.25, 0.3) is 0 Å². The lowest BCUT2D eigenvalue weighted by molar-refractivity contribution is -0.127. The number of nitrogens with zero attached hydrogens (tertiary/aromatic N) is 1. The van der Waals surface area contributed by atoms with E-state index in [-0.39, 0.29) is 18.2 Å². The van der Waals surface area contributed by atoms with Crippen molar-refractivity contribution in [1.29, 1.82) is 0 Å². The molecule has 1 aliphatic rings. The predicted molar refractivity (Wildman–Crippen MR) is 80.4 cm³/mol. The van der Waals surface area contributed by atoms with E-state index in [1.54, 1.807) is 23.1 Å². The zero-order valence-corrected chi connectivity index (χ0v) is 12.9. The van der Waals surface area contributed by atoms with Gasteiger partial charge in [0.15, 0.2) is 5.78 Å². The molecule has 0 bridgehead atoms. The molecule has 1 aromatic carbocycles. The van der Waals surface area contributed by atoms with Crippen molar-refractivity contribution in [3.05, 3.63) is 33.8 Å². The van der Waals surface area contributed by atoms with Crippen molar-refractivity contribution in [2.75, 3.05) is 13.1 Å². The standard InChI is InChI=1S/C15H17Cl2NO2/c1-2-3-10-6-15(20)18(8-10)9-14(19)12-7-11(16)4-5-13(12)17/h4-5,7,10H,2-3,6,8-9H2,1H3. The quantitative estimate of drug-likeness (QED) is 0.775. The Kier molecular flexibility index (Phi) is 5.06. The Balaban J connectivity index is 2.05. The Morgan fingerprint density at radius 1 is 1.40 bits per heavy atom. The van der Waals surface area contributed by atoms with Crippen LogP contribution < -0.4 is 0 Å². The minimum absolute atomic E-state index is 0.0509. The lowest BCUT2D eigenvalue weighted by Crippen LogP contribution is -2.31. The molecule has 1 saturated heterocycles.